The number of methoxy groups -OCH3 is 1. The van der Waals surface area contributed by atoms with E-state index in [9.17, 15) is 13.6 Å². The molecule has 0 saturated carbocycles. The van der Waals surface area contributed by atoms with Crippen LogP contribution in [0.25, 0.3) is 0 Å². The van der Waals surface area contributed by atoms with Crippen molar-refractivity contribution >= 4 is 17.5 Å². The lowest BCUT2D eigenvalue weighted by molar-refractivity contribution is -0.131. The van der Waals surface area contributed by atoms with Crippen molar-refractivity contribution < 1.29 is 18.3 Å². The quantitative estimate of drug-likeness (QED) is 0.889. The fraction of sp³-hybridized carbons (Fsp3) is 0.300. The van der Waals surface area contributed by atoms with Crippen LogP contribution >= 0.6 is 11.6 Å². The first-order chi connectivity index (χ1) is 7.56. The van der Waals surface area contributed by atoms with Gasteiger partial charge in [-0.2, -0.15) is 8.78 Å². The molecule has 0 heterocycles. The second-order valence-electron chi connectivity index (χ2n) is 2.94. The fourth-order valence-electron chi connectivity index (χ4n) is 1.15. The summed E-state index contributed by atoms with van der Waals surface area (Å²) in [7, 11) is 1.43. The lowest BCUT2D eigenvalue weighted by Gasteiger charge is -2.10. The van der Waals surface area contributed by atoms with E-state index in [1.165, 1.54) is 7.11 Å². The Labute approximate surface area is 96.4 Å². The van der Waals surface area contributed by atoms with Gasteiger partial charge in [0.05, 0.1) is 7.11 Å². The number of nitrogens with one attached hydrogen (secondary N) is 1. The number of rotatable bonds is 4. The van der Waals surface area contributed by atoms with Gasteiger partial charge in [-0.15, -0.1) is 0 Å². The normalized spacial score (nSPS) is 10.3. The van der Waals surface area contributed by atoms with Crippen molar-refractivity contribution in [2.75, 3.05) is 7.11 Å². The summed E-state index contributed by atoms with van der Waals surface area (Å²) in [6.45, 7) is -0.0912. The molecule has 1 aromatic carbocycles. The first kappa shape index (κ1) is 12.7. The van der Waals surface area contributed by atoms with Crippen LogP contribution in [0, 0.1) is 0 Å². The molecule has 0 fully saturated rings. The van der Waals surface area contributed by atoms with Crippen molar-refractivity contribution in [2.45, 2.75) is 13.0 Å². The Hall–Kier alpha value is -1.36. The molecule has 1 rings (SSSR count). The van der Waals surface area contributed by atoms with E-state index < -0.39 is 12.3 Å². The molecular weight excluding hydrogens is 240 g/mol. The van der Waals surface area contributed by atoms with Gasteiger partial charge in [0.2, 0.25) is 0 Å². The van der Waals surface area contributed by atoms with E-state index >= 15 is 0 Å². The van der Waals surface area contributed by atoms with E-state index in [0.29, 0.717) is 16.3 Å². The van der Waals surface area contributed by atoms with Crippen LogP contribution < -0.4 is 10.1 Å². The average molecular weight is 250 g/mol. The minimum absolute atomic E-state index is 0.0912. The van der Waals surface area contributed by atoms with Crippen molar-refractivity contribution in [3.63, 3.8) is 0 Å². The topological polar surface area (TPSA) is 38.3 Å². The monoisotopic (exact) mass is 249 g/mol. The minimum Gasteiger partial charge on any atom is -0.496 e. The van der Waals surface area contributed by atoms with E-state index in [1.807, 2.05) is 0 Å². The number of halogens is 3. The molecular formula is C10H10ClF2NO2. The Bertz CT molecular complexity index is 385. The number of carbonyl (C=O) groups excluding carboxylic acids is 1. The fourth-order valence-corrected chi connectivity index (χ4v) is 1.39. The standard InChI is InChI=1S/C10H10ClF2NO2/c1-16-8-4-2-3-7(11)6(8)5-14-10(15)9(12)13/h2-4,9H,5H2,1H3,(H,14,15). The van der Waals surface area contributed by atoms with Gasteiger partial charge in [-0.3, -0.25) is 4.79 Å². The highest BCUT2D eigenvalue weighted by atomic mass is 35.5. The van der Waals surface area contributed by atoms with Crippen LogP contribution in [0.3, 0.4) is 0 Å². The summed E-state index contributed by atoms with van der Waals surface area (Å²) in [4.78, 5) is 10.7. The summed E-state index contributed by atoms with van der Waals surface area (Å²) < 4.78 is 28.9. The van der Waals surface area contributed by atoms with Gasteiger partial charge >= 0.3 is 6.43 Å². The molecule has 0 unspecified atom stereocenters. The van der Waals surface area contributed by atoms with Gasteiger partial charge in [0, 0.05) is 17.1 Å². The molecule has 0 aliphatic heterocycles. The number of amides is 1. The number of hydrogen-bond donors (Lipinski definition) is 1. The second-order valence-corrected chi connectivity index (χ2v) is 3.35. The zero-order chi connectivity index (χ0) is 12.1. The molecule has 0 saturated heterocycles. The summed E-state index contributed by atoms with van der Waals surface area (Å²) in [5, 5.41) is 2.42. The molecule has 16 heavy (non-hydrogen) atoms. The Morgan fingerprint density at radius 1 is 1.56 bits per heavy atom. The highest BCUT2D eigenvalue weighted by Crippen LogP contribution is 2.25. The molecule has 0 atom stereocenters. The number of hydrogen-bond acceptors (Lipinski definition) is 2. The smallest absolute Gasteiger partial charge is 0.315 e. The predicted molar refractivity (Wildman–Crippen MR) is 55.9 cm³/mol. The third-order valence-corrected chi connectivity index (χ3v) is 2.29. The predicted octanol–water partition coefficient (Wildman–Crippen LogP) is 2.23. The van der Waals surface area contributed by atoms with Gasteiger partial charge in [-0.25, -0.2) is 0 Å². The van der Waals surface area contributed by atoms with Crippen molar-refractivity contribution in [3.8, 4) is 5.75 Å². The maximum atomic E-state index is 11.9. The van der Waals surface area contributed by atoms with Crippen LogP contribution in [0.1, 0.15) is 5.56 Å². The highest BCUT2D eigenvalue weighted by molar-refractivity contribution is 6.31. The molecule has 3 nitrogen and oxygen atoms in total. The maximum Gasteiger partial charge on any atom is 0.315 e. The largest absolute Gasteiger partial charge is 0.496 e. The molecule has 0 radical (unpaired) electrons. The van der Waals surface area contributed by atoms with Crippen molar-refractivity contribution in [1.29, 1.82) is 0 Å². The van der Waals surface area contributed by atoms with Gasteiger partial charge in [-0.05, 0) is 12.1 Å². The van der Waals surface area contributed by atoms with Crippen LogP contribution in [0.4, 0.5) is 8.78 Å². The number of alkyl halides is 2. The van der Waals surface area contributed by atoms with Crippen LogP contribution in [0.15, 0.2) is 18.2 Å². The molecule has 0 aromatic heterocycles. The molecule has 1 aromatic rings. The Morgan fingerprint density at radius 3 is 2.81 bits per heavy atom. The number of carbonyl (C=O) groups is 1. The lowest BCUT2D eigenvalue weighted by atomic mass is 10.2. The van der Waals surface area contributed by atoms with Crippen LogP contribution in [0.5, 0.6) is 5.75 Å². The second kappa shape index (κ2) is 5.65. The van der Waals surface area contributed by atoms with Crippen LogP contribution in [-0.4, -0.2) is 19.4 Å². The zero-order valence-electron chi connectivity index (χ0n) is 8.47. The SMILES string of the molecule is COc1cccc(Cl)c1CNC(=O)C(F)F. The number of ether oxygens (including phenoxy) is 1. The zero-order valence-corrected chi connectivity index (χ0v) is 9.22. The maximum absolute atomic E-state index is 11.9. The molecule has 0 aliphatic rings. The summed E-state index contributed by atoms with van der Waals surface area (Å²) in [6, 6.07) is 4.89. The first-order valence-corrected chi connectivity index (χ1v) is 4.81. The minimum atomic E-state index is -3.03. The average Bonchev–Trinajstić information content (AvgIpc) is 2.26. The van der Waals surface area contributed by atoms with Crippen LogP contribution in [-0.2, 0) is 11.3 Å². The molecule has 0 bridgehead atoms. The van der Waals surface area contributed by atoms with Gasteiger partial charge < -0.3 is 10.1 Å². The first-order valence-electron chi connectivity index (χ1n) is 4.43. The molecule has 88 valence electrons. The third-order valence-electron chi connectivity index (χ3n) is 1.93. The van der Waals surface area contributed by atoms with E-state index in [-0.39, 0.29) is 6.54 Å². The Morgan fingerprint density at radius 2 is 2.25 bits per heavy atom. The Kier molecular flexibility index (Phi) is 4.49. The van der Waals surface area contributed by atoms with E-state index in [0.717, 1.165) is 0 Å². The summed E-state index contributed by atoms with van der Waals surface area (Å²) in [5.74, 6) is -0.885. The molecule has 6 heteroatoms. The molecule has 1 amide bonds. The van der Waals surface area contributed by atoms with Gasteiger partial charge in [0.1, 0.15) is 5.75 Å². The van der Waals surface area contributed by atoms with Crippen molar-refractivity contribution in [2.24, 2.45) is 0 Å². The molecule has 0 spiro atoms. The van der Waals surface area contributed by atoms with Crippen LogP contribution in [0.2, 0.25) is 5.02 Å². The van der Waals surface area contributed by atoms with E-state index in [1.54, 1.807) is 18.2 Å². The van der Waals surface area contributed by atoms with Gasteiger partial charge in [-0.1, -0.05) is 17.7 Å². The molecule has 1 N–H and O–H groups in total. The summed E-state index contributed by atoms with van der Waals surface area (Å²) in [5.41, 5.74) is 0.473. The van der Waals surface area contributed by atoms with E-state index in [2.05, 4.69) is 5.32 Å². The van der Waals surface area contributed by atoms with Gasteiger partial charge in [0.25, 0.3) is 5.91 Å². The summed E-state index contributed by atoms with van der Waals surface area (Å²) in [6.07, 6.45) is -3.03. The summed E-state index contributed by atoms with van der Waals surface area (Å²) >= 11 is 5.85. The van der Waals surface area contributed by atoms with Crippen molar-refractivity contribution in [1.82, 2.24) is 5.32 Å². The Balaban J connectivity index is 2.76. The van der Waals surface area contributed by atoms with Gasteiger partial charge in [0.15, 0.2) is 0 Å². The highest BCUT2D eigenvalue weighted by Gasteiger charge is 2.16. The third kappa shape index (κ3) is 3.06. The number of benzene rings is 1. The van der Waals surface area contributed by atoms with E-state index in [4.69, 9.17) is 16.3 Å². The van der Waals surface area contributed by atoms with Crippen molar-refractivity contribution in [3.05, 3.63) is 28.8 Å². The lowest BCUT2D eigenvalue weighted by Crippen LogP contribution is -2.29. The molecule has 0 aliphatic carbocycles.